The molecule has 1 aliphatic rings. The van der Waals surface area contributed by atoms with Crippen molar-refractivity contribution in [2.45, 2.75) is 51.9 Å². The number of carbonyl (C=O) groups is 1. The van der Waals surface area contributed by atoms with Gasteiger partial charge in [-0.05, 0) is 38.2 Å². The lowest BCUT2D eigenvalue weighted by molar-refractivity contribution is -0.145. The topological polar surface area (TPSA) is 52.1 Å². The molecular weight excluding hydrogens is 320 g/mol. The molecular formula is C16H19ClN2O2S. The van der Waals surface area contributed by atoms with Gasteiger partial charge in [-0.25, -0.2) is 9.97 Å². The number of nitrogens with zero attached hydrogens (tertiary/aromatic N) is 2. The largest absolute Gasteiger partial charge is 0.466 e. The van der Waals surface area contributed by atoms with E-state index >= 15 is 0 Å². The molecule has 0 spiro atoms. The minimum atomic E-state index is -0.226. The van der Waals surface area contributed by atoms with Crippen molar-refractivity contribution in [3.8, 4) is 0 Å². The highest BCUT2D eigenvalue weighted by Crippen LogP contribution is 2.44. The van der Waals surface area contributed by atoms with E-state index in [1.807, 2.05) is 6.92 Å². The predicted molar refractivity (Wildman–Crippen MR) is 88.7 cm³/mol. The lowest BCUT2D eigenvalue weighted by Crippen LogP contribution is -2.20. The second-order valence-electron chi connectivity index (χ2n) is 5.50. The van der Waals surface area contributed by atoms with Crippen LogP contribution in [0, 0.1) is 0 Å². The second kappa shape index (κ2) is 6.50. The standard InChI is InChI=1S/C16H19ClN2O2S/c1-3-6-11-18-14(17)13-12-9(16(20)21-4-2)7-5-8-10(12)22-15(13)19-11/h9H,3-8H2,1-2H3. The molecule has 0 bridgehead atoms. The lowest BCUT2D eigenvalue weighted by Gasteiger charge is -2.21. The Kier molecular flexibility index (Phi) is 4.64. The fraction of sp³-hybridized carbons (Fsp3) is 0.562. The van der Waals surface area contributed by atoms with Crippen molar-refractivity contribution in [1.29, 1.82) is 0 Å². The molecule has 4 nitrogen and oxygen atoms in total. The van der Waals surface area contributed by atoms with Gasteiger partial charge in [0, 0.05) is 11.3 Å². The van der Waals surface area contributed by atoms with E-state index in [2.05, 4.69) is 16.9 Å². The highest BCUT2D eigenvalue weighted by molar-refractivity contribution is 7.19. The Morgan fingerprint density at radius 2 is 2.23 bits per heavy atom. The van der Waals surface area contributed by atoms with Crippen molar-refractivity contribution in [3.63, 3.8) is 0 Å². The Bertz CT molecular complexity index is 714. The van der Waals surface area contributed by atoms with Gasteiger partial charge in [-0.15, -0.1) is 11.3 Å². The van der Waals surface area contributed by atoms with Crippen LogP contribution in [-0.4, -0.2) is 22.5 Å². The molecule has 1 atom stereocenters. The Morgan fingerprint density at radius 1 is 1.41 bits per heavy atom. The molecule has 0 N–H and O–H groups in total. The summed E-state index contributed by atoms with van der Waals surface area (Å²) in [5, 5.41) is 1.33. The maximum absolute atomic E-state index is 12.3. The van der Waals surface area contributed by atoms with Gasteiger partial charge >= 0.3 is 5.97 Å². The van der Waals surface area contributed by atoms with Gasteiger partial charge in [0.15, 0.2) is 0 Å². The number of aromatic nitrogens is 2. The SMILES string of the molecule is CCCc1nc(Cl)c2c3c(sc2n1)CCCC3C(=O)OCC. The van der Waals surface area contributed by atoms with Gasteiger partial charge in [-0.3, -0.25) is 4.79 Å². The van der Waals surface area contributed by atoms with Crippen LogP contribution in [-0.2, 0) is 22.4 Å². The fourth-order valence-corrected chi connectivity index (χ4v) is 4.68. The van der Waals surface area contributed by atoms with E-state index in [9.17, 15) is 4.79 Å². The van der Waals surface area contributed by atoms with E-state index < -0.39 is 0 Å². The van der Waals surface area contributed by atoms with Crippen LogP contribution in [0.5, 0.6) is 0 Å². The smallest absolute Gasteiger partial charge is 0.313 e. The molecule has 0 amide bonds. The maximum atomic E-state index is 12.3. The van der Waals surface area contributed by atoms with Crippen LogP contribution >= 0.6 is 22.9 Å². The van der Waals surface area contributed by atoms with Gasteiger partial charge in [-0.1, -0.05) is 18.5 Å². The average molecular weight is 339 g/mol. The first kappa shape index (κ1) is 15.7. The van der Waals surface area contributed by atoms with Crippen LogP contribution in [0.4, 0.5) is 0 Å². The quantitative estimate of drug-likeness (QED) is 0.616. The number of hydrogen-bond donors (Lipinski definition) is 0. The fourth-order valence-electron chi connectivity index (χ4n) is 3.05. The molecule has 0 aromatic carbocycles. The lowest BCUT2D eigenvalue weighted by atomic mass is 9.86. The molecule has 3 rings (SSSR count). The molecule has 118 valence electrons. The summed E-state index contributed by atoms with van der Waals surface area (Å²) in [4.78, 5) is 23.5. The van der Waals surface area contributed by atoms with E-state index in [0.29, 0.717) is 11.8 Å². The van der Waals surface area contributed by atoms with Crippen LogP contribution in [0.2, 0.25) is 5.15 Å². The second-order valence-corrected chi connectivity index (χ2v) is 6.94. The first-order valence-corrected chi connectivity index (χ1v) is 8.99. The minimum Gasteiger partial charge on any atom is -0.466 e. The Hall–Kier alpha value is -1.20. The summed E-state index contributed by atoms with van der Waals surface area (Å²) in [5.74, 6) is 0.402. The predicted octanol–water partition coefficient (Wildman–Crippen LogP) is 4.28. The molecule has 0 fully saturated rings. The highest BCUT2D eigenvalue weighted by Gasteiger charge is 2.33. The van der Waals surface area contributed by atoms with Gasteiger partial charge < -0.3 is 4.74 Å². The van der Waals surface area contributed by atoms with Crippen molar-refractivity contribution in [2.75, 3.05) is 6.61 Å². The number of carbonyl (C=O) groups excluding carboxylic acids is 1. The number of thiophene rings is 1. The van der Waals surface area contributed by atoms with Gasteiger partial charge in [-0.2, -0.15) is 0 Å². The van der Waals surface area contributed by atoms with Crippen LogP contribution in [0.1, 0.15) is 55.3 Å². The van der Waals surface area contributed by atoms with Crippen LogP contribution in [0.3, 0.4) is 0 Å². The first-order chi connectivity index (χ1) is 10.7. The van der Waals surface area contributed by atoms with Crippen molar-refractivity contribution in [3.05, 3.63) is 21.4 Å². The van der Waals surface area contributed by atoms with E-state index in [1.54, 1.807) is 11.3 Å². The van der Waals surface area contributed by atoms with E-state index in [0.717, 1.165) is 53.7 Å². The molecule has 2 aromatic heterocycles. The van der Waals surface area contributed by atoms with Crippen molar-refractivity contribution < 1.29 is 9.53 Å². The van der Waals surface area contributed by atoms with Crippen molar-refractivity contribution >= 4 is 39.1 Å². The average Bonchev–Trinajstić information content (AvgIpc) is 2.86. The molecule has 6 heteroatoms. The zero-order valence-corrected chi connectivity index (χ0v) is 14.4. The minimum absolute atomic E-state index is 0.156. The maximum Gasteiger partial charge on any atom is 0.313 e. The van der Waals surface area contributed by atoms with Gasteiger partial charge in [0.2, 0.25) is 0 Å². The molecule has 0 saturated carbocycles. The first-order valence-electron chi connectivity index (χ1n) is 7.80. The van der Waals surface area contributed by atoms with E-state index in [-0.39, 0.29) is 11.9 Å². The Morgan fingerprint density at radius 3 is 2.95 bits per heavy atom. The molecule has 1 unspecified atom stereocenters. The number of esters is 1. The van der Waals surface area contributed by atoms with E-state index in [1.165, 1.54) is 4.88 Å². The molecule has 2 aromatic rings. The van der Waals surface area contributed by atoms with Gasteiger partial charge in [0.25, 0.3) is 0 Å². The monoisotopic (exact) mass is 338 g/mol. The highest BCUT2D eigenvalue weighted by atomic mass is 35.5. The van der Waals surface area contributed by atoms with Crippen LogP contribution in [0.15, 0.2) is 0 Å². The molecule has 0 aliphatic heterocycles. The van der Waals surface area contributed by atoms with Crippen molar-refractivity contribution in [2.24, 2.45) is 0 Å². The number of hydrogen-bond acceptors (Lipinski definition) is 5. The Balaban J connectivity index is 2.13. The summed E-state index contributed by atoms with van der Waals surface area (Å²) in [6.07, 6.45) is 4.59. The zero-order valence-electron chi connectivity index (χ0n) is 12.8. The summed E-state index contributed by atoms with van der Waals surface area (Å²) in [6, 6.07) is 0. The molecule has 0 saturated heterocycles. The van der Waals surface area contributed by atoms with Gasteiger partial charge in [0.1, 0.15) is 15.8 Å². The summed E-state index contributed by atoms with van der Waals surface area (Å²) >= 11 is 8.08. The number of halogens is 1. The van der Waals surface area contributed by atoms with Crippen molar-refractivity contribution in [1.82, 2.24) is 9.97 Å². The Labute approximate surface area is 138 Å². The molecule has 22 heavy (non-hydrogen) atoms. The number of rotatable bonds is 4. The summed E-state index contributed by atoms with van der Waals surface area (Å²) in [5.41, 5.74) is 1.01. The van der Waals surface area contributed by atoms with Crippen LogP contribution < -0.4 is 0 Å². The summed E-state index contributed by atoms with van der Waals surface area (Å²) in [7, 11) is 0. The third-order valence-corrected chi connectivity index (χ3v) is 5.39. The number of aryl methyl sites for hydroxylation is 2. The molecule has 2 heterocycles. The third kappa shape index (κ3) is 2.72. The molecule has 1 aliphatic carbocycles. The summed E-state index contributed by atoms with van der Waals surface area (Å²) < 4.78 is 5.24. The van der Waals surface area contributed by atoms with Gasteiger partial charge in [0.05, 0.1) is 17.9 Å². The zero-order chi connectivity index (χ0) is 15.7. The normalized spacial score (nSPS) is 17.5. The van der Waals surface area contributed by atoms with Crippen LogP contribution in [0.25, 0.3) is 10.2 Å². The molecule has 0 radical (unpaired) electrons. The number of ether oxygens (including phenoxy) is 1. The van der Waals surface area contributed by atoms with E-state index in [4.69, 9.17) is 16.3 Å². The number of fused-ring (bicyclic) bond motifs is 3. The summed E-state index contributed by atoms with van der Waals surface area (Å²) in [6.45, 7) is 4.33. The third-order valence-electron chi connectivity index (χ3n) is 3.96.